The Morgan fingerprint density at radius 1 is 0.935 bits per heavy atom. The summed E-state index contributed by atoms with van der Waals surface area (Å²) in [5.41, 5.74) is 1.64. The lowest BCUT2D eigenvalue weighted by atomic mass is 9.48. The van der Waals surface area contributed by atoms with Crippen molar-refractivity contribution >= 4 is 28.2 Å². The van der Waals surface area contributed by atoms with Crippen molar-refractivity contribution < 1.29 is 8.85 Å². The summed E-state index contributed by atoms with van der Waals surface area (Å²) in [6.45, 7) is 21.1. The lowest BCUT2D eigenvalue weighted by molar-refractivity contribution is -0.0964. The molecule has 4 aliphatic rings. The molecule has 5 heteroatoms. The third-order valence-corrected chi connectivity index (χ3v) is 11.2. The standard InChI is InChI=1S/C26H43ClO2Si2/c1-24-15-14-22(28-30(4,5)6)23(27)21(24)11-10-18-19(24)12-16-25(2)20(18)13-17-26(25,3)29-31(7,8)9/h11,14-15,18-20H,10,12-13,16-17H2,1-9H3/t18?,19?,20?,24?,25?,26-/m1/s1. The Bertz CT molecular complexity index is 848. The van der Waals surface area contributed by atoms with Gasteiger partial charge in [0, 0.05) is 5.41 Å². The van der Waals surface area contributed by atoms with Crippen molar-refractivity contribution in [2.24, 2.45) is 28.6 Å². The zero-order chi connectivity index (χ0) is 23.0. The normalized spacial score (nSPS) is 42.6. The second-order valence-electron chi connectivity index (χ2n) is 13.2. The van der Waals surface area contributed by atoms with E-state index < -0.39 is 16.6 Å². The molecule has 0 aromatic carbocycles. The van der Waals surface area contributed by atoms with E-state index in [9.17, 15) is 0 Å². The molecule has 0 amide bonds. The highest BCUT2D eigenvalue weighted by atomic mass is 35.5. The lowest BCUT2D eigenvalue weighted by Gasteiger charge is -2.58. The smallest absolute Gasteiger partial charge is 0.242 e. The number of halogens is 1. The van der Waals surface area contributed by atoms with Gasteiger partial charge < -0.3 is 8.85 Å². The zero-order valence-electron chi connectivity index (χ0n) is 21.2. The molecule has 0 saturated heterocycles. The molecule has 0 bridgehead atoms. The molecule has 174 valence electrons. The molecular weight excluding hydrogens is 436 g/mol. The summed E-state index contributed by atoms with van der Waals surface area (Å²) in [6, 6.07) is 0. The highest BCUT2D eigenvalue weighted by Gasteiger charge is 2.63. The van der Waals surface area contributed by atoms with Gasteiger partial charge in [0.2, 0.25) is 8.32 Å². The highest BCUT2D eigenvalue weighted by Crippen LogP contribution is 2.67. The van der Waals surface area contributed by atoms with Crippen LogP contribution in [0.25, 0.3) is 0 Å². The van der Waals surface area contributed by atoms with Crippen molar-refractivity contribution in [3.63, 3.8) is 0 Å². The Kier molecular flexibility index (Phi) is 5.65. The molecule has 2 fully saturated rings. The first-order chi connectivity index (χ1) is 14.1. The van der Waals surface area contributed by atoms with Gasteiger partial charge in [0.15, 0.2) is 8.32 Å². The monoisotopic (exact) mass is 478 g/mol. The van der Waals surface area contributed by atoms with Gasteiger partial charge in [0.1, 0.15) is 5.76 Å². The second kappa shape index (κ2) is 7.35. The van der Waals surface area contributed by atoms with Gasteiger partial charge in [-0.2, -0.15) is 0 Å². The molecule has 0 spiro atoms. The van der Waals surface area contributed by atoms with Crippen LogP contribution in [0.2, 0.25) is 39.3 Å². The molecule has 2 saturated carbocycles. The van der Waals surface area contributed by atoms with Crippen LogP contribution in [0.4, 0.5) is 0 Å². The van der Waals surface area contributed by atoms with Crippen molar-refractivity contribution in [2.75, 3.05) is 0 Å². The quantitative estimate of drug-likeness (QED) is 0.378. The largest absolute Gasteiger partial charge is 0.543 e. The Balaban J connectivity index is 1.66. The van der Waals surface area contributed by atoms with E-state index in [4.69, 9.17) is 20.5 Å². The maximum absolute atomic E-state index is 6.98. The maximum Gasteiger partial charge on any atom is 0.242 e. The van der Waals surface area contributed by atoms with Gasteiger partial charge in [-0.3, -0.25) is 0 Å². The van der Waals surface area contributed by atoms with Crippen LogP contribution in [0, 0.1) is 28.6 Å². The molecule has 0 aliphatic heterocycles. The Morgan fingerprint density at radius 2 is 1.58 bits per heavy atom. The van der Waals surface area contributed by atoms with Crippen LogP contribution in [-0.4, -0.2) is 22.2 Å². The first kappa shape index (κ1) is 23.8. The van der Waals surface area contributed by atoms with Crippen LogP contribution >= 0.6 is 11.6 Å². The van der Waals surface area contributed by atoms with E-state index in [1.807, 2.05) is 0 Å². The van der Waals surface area contributed by atoms with E-state index in [2.05, 4.69) is 78.3 Å². The topological polar surface area (TPSA) is 18.5 Å². The molecule has 6 atom stereocenters. The van der Waals surface area contributed by atoms with Crippen LogP contribution < -0.4 is 0 Å². The van der Waals surface area contributed by atoms with E-state index in [0.29, 0.717) is 11.8 Å². The van der Waals surface area contributed by atoms with Crippen LogP contribution in [0.3, 0.4) is 0 Å². The van der Waals surface area contributed by atoms with Crippen molar-refractivity contribution in [3.8, 4) is 0 Å². The van der Waals surface area contributed by atoms with Gasteiger partial charge in [0.05, 0.1) is 10.6 Å². The second-order valence-corrected chi connectivity index (χ2v) is 22.4. The zero-order valence-corrected chi connectivity index (χ0v) is 24.0. The Morgan fingerprint density at radius 3 is 2.19 bits per heavy atom. The summed E-state index contributed by atoms with van der Waals surface area (Å²) in [6.07, 6.45) is 13.2. The summed E-state index contributed by atoms with van der Waals surface area (Å²) in [5, 5.41) is 0.859. The number of hydrogen-bond donors (Lipinski definition) is 0. The van der Waals surface area contributed by atoms with Gasteiger partial charge >= 0.3 is 0 Å². The number of allylic oxidation sites excluding steroid dienone is 5. The van der Waals surface area contributed by atoms with E-state index in [1.54, 1.807) is 0 Å². The average Bonchev–Trinajstić information content (AvgIpc) is 2.86. The number of hydrogen-bond acceptors (Lipinski definition) is 2. The van der Waals surface area contributed by atoms with Crippen molar-refractivity contribution in [1.82, 2.24) is 0 Å². The average molecular weight is 479 g/mol. The highest BCUT2D eigenvalue weighted by molar-refractivity contribution is 6.70. The van der Waals surface area contributed by atoms with E-state index in [0.717, 1.165) is 23.1 Å². The minimum Gasteiger partial charge on any atom is -0.543 e. The van der Waals surface area contributed by atoms with Gasteiger partial charge in [-0.05, 0) is 113 Å². The molecule has 4 aliphatic carbocycles. The minimum atomic E-state index is -1.70. The summed E-state index contributed by atoms with van der Waals surface area (Å²) >= 11 is 6.98. The van der Waals surface area contributed by atoms with E-state index >= 15 is 0 Å². The molecule has 31 heavy (non-hydrogen) atoms. The van der Waals surface area contributed by atoms with Gasteiger partial charge in [-0.15, -0.1) is 0 Å². The predicted molar refractivity (Wildman–Crippen MR) is 137 cm³/mol. The number of rotatable bonds is 4. The molecule has 2 nitrogen and oxygen atoms in total. The fraction of sp³-hybridized carbons (Fsp3) is 0.769. The van der Waals surface area contributed by atoms with Crippen molar-refractivity contribution in [2.45, 2.75) is 97.8 Å². The fourth-order valence-corrected chi connectivity index (χ4v) is 10.5. The predicted octanol–water partition coefficient (Wildman–Crippen LogP) is 8.25. The fourth-order valence-electron chi connectivity index (χ4n) is 7.51. The maximum atomic E-state index is 6.98. The summed E-state index contributed by atoms with van der Waals surface area (Å²) < 4.78 is 13.2. The lowest BCUT2D eigenvalue weighted by Crippen LogP contribution is -2.56. The molecular formula is C26H43ClO2Si2. The third-order valence-electron chi connectivity index (χ3n) is 8.89. The molecule has 0 aromatic heterocycles. The molecule has 0 heterocycles. The summed E-state index contributed by atoms with van der Waals surface area (Å²) in [7, 11) is -3.29. The summed E-state index contributed by atoms with van der Waals surface area (Å²) in [4.78, 5) is 0. The van der Waals surface area contributed by atoms with Crippen LogP contribution in [0.1, 0.15) is 52.9 Å². The van der Waals surface area contributed by atoms with Crippen molar-refractivity contribution in [1.29, 1.82) is 0 Å². The van der Waals surface area contributed by atoms with Gasteiger partial charge in [-0.1, -0.05) is 37.6 Å². The number of fused-ring (bicyclic) bond motifs is 5. The third kappa shape index (κ3) is 3.87. The van der Waals surface area contributed by atoms with Crippen LogP contribution in [-0.2, 0) is 8.85 Å². The first-order valence-electron chi connectivity index (χ1n) is 12.3. The Hall–Kier alpha value is -0.296. The van der Waals surface area contributed by atoms with E-state index in [1.165, 1.54) is 31.3 Å². The summed E-state index contributed by atoms with van der Waals surface area (Å²) in [5.74, 6) is 2.99. The minimum absolute atomic E-state index is 0.0201. The molecule has 0 radical (unpaired) electrons. The molecule has 0 N–H and O–H groups in total. The van der Waals surface area contributed by atoms with Gasteiger partial charge in [-0.25, -0.2) is 0 Å². The SMILES string of the molecule is CC12C=CC(O[Si](C)(C)C)=C(Cl)C1=CCC1C2CCC2(C)C1CC[C@@]2(C)O[Si](C)(C)C. The first-order valence-corrected chi connectivity index (χ1v) is 19.5. The van der Waals surface area contributed by atoms with E-state index in [-0.39, 0.29) is 16.4 Å². The van der Waals surface area contributed by atoms with Gasteiger partial charge in [0.25, 0.3) is 0 Å². The molecule has 5 unspecified atom stereocenters. The molecule has 4 rings (SSSR count). The Labute approximate surface area is 197 Å². The van der Waals surface area contributed by atoms with Crippen molar-refractivity contribution in [3.05, 3.63) is 34.6 Å². The van der Waals surface area contributed by atoms with Crippen LogP contribution in [0.15, 0.2) is 34.6 Å². The molecule has 0 aromatic rings. The van der Waals surface area contributed by atoms with Crippen LogP contribution in [0.5, 0.6) is 0 Å².